The summed E-state index contributed by atoms with van der Waals surface area (Å²) in [5.41, 5.74) is 5.40. The maximum absolute atomic E-state index is 5.40. The van der Waals surface area contributed by atoms with E-state index in [1.54, 1.807) is 0 Å². The number of hydrogen-bond acceptors (Lipinski definition) is 3. The maximum atomic E-state index is 5.40. The van der Waals surface area contributed by atoms with E-state index in [2.05, 4.69) is 11.9 Å². The Labute approximate surface area is 67.6 Å². The molecule has 0 aromatic heterocycles. The van der Waals surface area contributed by atoms with Gasteiger partial charge in [0.25, 0.3) is 0 Å². The summed E-state index contributed by atoms with van der Waals surface area (Å²) in [6.45, 7) is 3.58. The van der Waals surface area contributed by atoms with Crippen LogP contribution >= 0.6 is 0 Å². The van der Waals surface area contributed by atoms with Gasteiger partial charge in [-0.25, -0.2) is 4.99 Å². The minimum absolute atomic E-state index is 0.335. The third-order valence-corrected chi connectivity index (χ3v) is 1.73. The van der Waals surface area contributed by atoms with Crippen molar-refractivity contribution >= 4 is 5.90 Å². The Balaban J connectivity index is 2.28. The average molecular weight is 156 g/mol. The predicted molar refractivity (Wildman–Crippen MR) is 45.8 cm³/mol. The van der Waals surface area contributed by atoms with Crippen LogP contribution in [0.15, 0.2) is 4.99 Å². The molecule has 11 heavy (non-hydrogen) atoms. The topological polar surface area (TPSA) is 47.6 Å². The van der Waals surface area contributed by atoms with E-state index < -0.39 is 0 Å². The number of nitrogens with two attached hydrogens (primary N) is 1. The maximum Gasteiger partial charge on any atom is 0.183 e. The first-order valence-electron chi connectivity index (χ1n) is 4.26. The van der Waals surface area contributed by atoms with Gasteiger partial charge in [0.1, 0.15) is 6.61 Å². The van der Waals surface area contributed by atoms with Gasteiger partial charge < -0.3 is 10.5 Å². The summed E-state index contributed by atoms with van der Waals surface area (Å²) in [5.74, 6) is 0.922. The van der Waals surface area contributed by atoms with Crippen molar-refractivity contribution in [3.05, 3.63) is 0 Å². The molecule has 1 rings (SSSR count). The summed E-state index contributed by atoms with van der Waals surface area (Å²) in [7, 11) is 0. The Morgan fingerprint density at radius 3 is 3.18 bits per heavy atom. The second-order valence-electron chi connectivity index (χ2n) is 2.82. The Hall–Kier alpha value is -0.570. The molecule has 0 saturated carbocycles. The monoisotopic (exact) mass is 156 g/mol. The Bertz CT molecular complexity index is 145. The van der Waals surface area contributed by atoms with Crippen LogP contribution in [0.3, 0.4) is 0 Å². The fourth-order valence-electron chi connectivity index (χ4n) is 1.16. The van der Waals surface area contributed by atoms with Crippen molar-refractivity contribution < 1.29 is 4.74 Å². The number of nitrogens with zero attached hydrogens (tertiary/aromatic N) is 1. The van der Waals surface area contributed by atoms with Crippen LogP contribution in [0, 0.1) is 0 Å². The molecule has 3 nitrogen and oxygen atoms in total. The molecule has 0 fully saturated rings. The van der Waals surface area contributed by atoms with E-state index in [4.69, 9.17) is 10.5 Å². The van der Waals surface area contributed by atoms with Crippen LogP contribution < -0.4 is 5.73 Å². The van der Waals surface area contributed by atoms with E-state index in [-0.39, 0.29) is 0 Å². The van der Waals surface area contributed by atoms with E-state index in [0.717, 1.165) is 31.8 Å². The van der Waals surface area contributed by atoms with Crippen molar-refractivity contribution in [2.24, 2.45) is 10.7 Å². The molecule has 0 amide bonds. The molecule has 0 aliphatic carbocycles. The minimum atomic E-state index is 0.335. The zero-order valence-electron chi connectivity index (χ0n) is 7.05. The molecule has 1 atom stereocenters. The van der Waals surface area contributed by atoms with Crippen LogP contribution in [0.25, 0.3) is 0 Å². The number of hydrogen-bond donors (Lipinski definition) is 1. The quantitative estimate of drug-likeness (QED) is 0.658. The molecular formula is C8H16N2O. The molecule has 3 heteroatoms. The van der Waals surface area contributed by atoms with Gasteiger partial charge in [-0.2, -0.15) is 0 Å². The summed E-state index contributed by atoms with van der Waals surface area (Å²) in [6.07, 6.45) is 3.03. The molecular weight excluding hydrogens is 140 g/mol. The highest BCUT2D eigenvalue weighted by molar-refractivity contribution is 5.77. The fraction of sp³-hybridized carbons (Fsp3) is 0.875. The number of ether oxygens (including phenoxy) is 1. The van der Waals surface area contributed by atoms with Crippen molar-refractivity contribution in [1.82, 2.24) is 0 Å². The number of aliphatic imine (C=N–C) groups is 1. The molecule has 0 radical (unpaired) electrons. The third kappa shape index (κ3) is 2.50. The second-order valence-corrected chi connectivity index (χ2v) is 2.82. The van der Waals surface area contributed by atoms with Crippen LogP contribution in [0.2, 0.25) is 0 Å². The van der Waals surface area contributed by atoms with E-state index >= 15 is 0 Å². The van der Waals surface area contributed by atoms with E-state index in [0.29, 0.717) is 12.6 Å². The van der Waals surface area contributed by atoms with Gasteiger partial charge in [-0.15, -0.1) is 0 Å². The first kappa shape index (κ1) is 8.53. The lowest BCUT2D eigenvalue weighted by molar-refractivity contribution is 0.305. The summed E-state index contributed by atoms with van der Waals surface area (Å²) in [4.78, 5) is 4.38. The third-order valence-electron chi connectivity index (χ3n) is 1.73. The van der Waals surface area contributed by atoms with Crippen molar-refractivity contribution in [2.45, 2.75) is 32.2 Å². The molecule has 0 spiro atoms. The van der Waals surface area contributed by atoms with Crippen LogP contribution in [0.1, 0.15) is 26.2 Å². The SMILES string of the molecule is CCCC1=NC(CCN)CO1. The van der Waals surface area contributed by atoms with Crippen LogP contribution in [0.5, 0.6) is 0 Å². The van der Waals surface area contributed by atoms with Gasteiger partial charge >= 0.3 is 0 Å². The van der Waals surface area contributed by atoms with Crippen LogP contribution in [-0.2, 0) is 4.74 Å². The molecule has 0 bridgehead atoms. The molecule has 1 aliphatic rings. The average Bonchev–Trinajstić information content (AvgIpc) is 2.38. The van der Waals surface area contributed by atoms with E-state index in [1.165, 1.54) is 0 Å². The highest BCUT2D eigenvalue weighted by atomic mass is 16.5. The standard InChI is InChI=1S/C8H16N2O/c1-2-3-8-10-7(4-5-9)6-11-8/h7H,2-6,9H2,1H3. The Morgan fingerprint density at radius 2 is 2.55 bits per heavy atom. The summed E-state index contributed by atoms with van der Waals surface area (Å²) >= 11 is 0. The highest BCUT2D eigenvalue weighted by Gasteiger charge is 2.16. The van der Waals surface area contributed by atoms with E-state index in [1.807, 2.05) is 0 Å². The molecule has 1 unspecified atom stereocenters. The van der Waals surface area contributed by atoms with Gasteiger partial charge in [0.15, 0.2) is 5.90 Å². The summed E-state index contributed by atoms with van der Waals surface area (Å²) < 4.78 is 5.35. The minimum Gasteiger partial charge on any atom is -0.479 e. The lowest BCUT2D eigenvalue weighted by Gasteiger charge is -1.99. The van der Waals surface area contributed by atoms with Gasteiger partial charge in [0.2, 0.25) is 0 Å². The second kappa shape index (κ2) is 4.34. The predicted octanol–water partition coefficient (Wildman–Crippen LogP) is 0.933. The lowest BCUT2D eigenvalue weighted by atomic mass is 10.2. The highest BCUT2D eigenvalue weighted by Crippen LogP contribution is 2.10. The molecule has 0 aromatic rings. The van der Waals surface area contributed by atoms with Crippen molar-refractivity contribution in [1.29, 1.82) is 0 Å². The van der Waals surface area contributed by atoms with Crippen LogP contribution in [-0.4, -0.2) is 25.1 Å². The first-order valence-corrected chi connectivity index (χ1v) is 4.26. The summed E-state index contributed by atoms with van der Waals surface area (Å²) in [5, 5.41) is 0. The molecule has 2 N–H and O–H groups in total. The first-order chi connectivity index (χ1) is 5.36. The zero-order chi connectivity index (χ0) is 8.10. The van der Waals surface area contributed by atoms with Crippen LogP contribution in [0.4, 0.5) is 0 Å². The van der Waals surface area contributed by atoms with Crippen molar-refractivity contribution in [3.63, 3.8) is 0 Å². The molecule has 1 heterocycles. The molecule has 0 saturated heterocycles. The van der Waals surface area contributed by atoms with Crippen molar-refractivity contribution in [2.75, 3.05) is 13.2 Å². The van der Waals surface area contributed by atoms with Crippen molar-refractivity contribution in [3.8, 4) is 0 Å². The number of rotatable bonds is 4. The largest absolute Gasteiger partial charge is 0.479 e. The van der Waals surface area contributed by atoms with Gasteiger partial charge in [-0.3, -0.25) is 0 Å². The molecule has 64 valence electrons. The Kier molecular flexibility index (Phi) is 3.36. The lowest BCUT2D eigenvalue weighted by Crippen LogP contribution is -2.12. The fourth-order valence-corrected chi connectivity index (χ4v) is 1.16. The van der Waals surface area contributed by atoms with Gasteiger partial charge in [0, 0.05) is 6.42 Å². The Morgan fingerprint density at radius 1 is 1.73 bits per heavy atom. The van der Waals surface area contributed by atoms with Gasteiger partial charge in [-0.1, -0.05) is 6.92 Å². The molecule has 1 aliphatic heterocycles. The zero-order valence-corrected chi connectivity index (χ0v) is 7.05. The van der Waals surface area contributed by atoms with E-state index in [9.17, 15) is 0 Å². The van der Waals surface area contributed by atoms with Gasteiger partial charge in [-0.05, 0) is 19.4 Å². The smallest absolute Gasteiger partial charge is 0.183 e. The summed E-state index contributed by atoms with van der Waals surface area (Å²) in [6, 6.07) is 0.335. The normalized spacial score (nSPS) is 23.1. The van der Waals surface area contributed by atoms with Gasteiger partial charge in [0.05, 0.1) is 6.04 Å². The molecule has 0 aromatic carbocycles.